The molecule has 0 amide bonds. The van der Waals surface area contributed by atoms with Gasteiger partial charge in [-0.15, -0.1) is 0 Å². The van der Waals surface area contributed by atoms with Gasteiger partial charge in [0.1, 0.15) is 0 Å². The Labute approximate surface area is 133 Å². The van der Waals surface area contributed by atoms with Crippen LogP contribution >= 0.6 is 23.2 Å². The molecule has 1 atom stereocenters. The smallest absolute Gasteiger partial charge is 0.0500 e. The Morgan fingerprint density at radius 2 is 1.65 bits per heavy atom. The largest absolute Gasteiger partial charge is 0.329 e. The summed E-state index contributed by atoms with van der Waals surface area (Å²) in [7, 11) is 0. The standard InChI is InChI=1S/C16H26Cl2N2/c1-4-12(5-2)11-20(6-3)15(10-19)16-13(17)8-7-9-14(16)18/h7-9,12,15H,4-6,10-11,19H2,1-3H3. The second kappa shape index (κ2) is 8.89. The maximum Gasteiger partial charge on any atom is 0.0500 e. The van der Waals surface area contributed by atoms with Crippen LogP contribution in [0.15, 0.2) is 18.2 Å². The second-order valence-corrected chi connectivity index (χ2v) is 5.97. The Hall–Kier alpha value is -0.280. The van der Waals surface area contributed by atoms with Crippen LogP contribution in [0.4, 0.5) is 0 Å². The number of likely N-dealkylation sites (N-methyl/N-ethyl adjacent to an activating group) is 1. The first-order chi connectivity index (χ1) is 9.58. The van der Waals surface area contributed by atoms with E-state index < -0.39 is 0 Å². The first-order valence-electron chi connectivity index (χ1n) is 7.46. The van der Waals surface area contributed by atoms with Gasteiger partial charge in [0.25, 0.3) is 0 Å². The van der Waals surface area contributed by atoms with Gasteiger partial charge in [-0.1, -0.05) is 62.9 Å². The Balaban J connectivity index is 3.03. The minimum atomic E-state index is 0.0850. The highest BCUT2D eigenvalue weighted by atomic mass is 35.5. The Kier molecular flexibility index (Phi) is 7.90. The van der Waals surface area contributed by atoms with Crippen LogP contribution in [0, 0.1) is 5.92 Å². The molecular formula is C16H26Cl2N2. The fourth-order valence-electron chi connectivity index (χ4n) is 2.63. The molecule has 0 aliphatic rings. The quantitative estimate of drug-likeness (QED) is 0.749. The highest BCUT2D eigenvalue weighted by Gasteiger charge is 2.24. The van der Waals surface area contributed by atoms with E-state index in [0.717, 1.165) is 18.7 Å². The molecule has 0 bridgehead atoms. The molecule has 0 radical (unpaired) electrons. The normalized spacial score (nSPS) is 13.2. The zero-order valence-corrected chi connectivity index (χ0v) is 14.2. The summed E-state index contributed by atoms with van der Waals surface area (Å²) in [5, 5.41) is 1.41. The van der Waals surface area contributed by atoms with Gasteiger partial charge in [-0.2, -0.15) is 0 Å². The minimum Gasteiger partial charge on any atom is -0.329 e. The third-order valence-corrected chi connectivity index (χ3v) is 4.71. The molecule has 0 aromatic heterocycles. The molecule has 0 saturated heterocycles. The summed E-state index contributed by atoms with van der Waals surface area (Å²) in [4.78, 5) is 2.39. The summed E-state index contributed by atoms with van der Waals surface area (Å²) in [5.41, 5.74) is 6.98. The molecular weight excluding hydrogens is 291 g/mol. The van der Waals surface area contributed by atoms with Crippen LogP contribution in [-0.4, -0.2) is 24.5 Å². The molecule has 2 nitrogen and oxygen atoms in total. The van der Waals surface area contributed by atoms with Crippen LogP contribution in [0.2, 0.25) is 10.0 Å². The van der Waals surface area contributed by atoms with Crippen LogP contribution in [0.3, 0.4) is 0 Å². The molecule has 2 N–H and O–H groups in total. The van der Waals surface area contributed by atoms with Gasteiger partial charge in [0.2, 0.25) is 0 Å². The van der Waals surface area contributed by atoms with E-state index in [-0.39, 0.29) is 6.04 Å². The van der Waals surface area contributed by atoms with E-state index >= 15 is 0 Å². The lowest BCUT2D eigenvalue weighted by molar-refractivity contribution is 0.174. The summed E-state index contributed by atoms with van der Waals surface area (Å²) in [6.45, 7) is 9.14. The molecule has 1 aromatic rings. The first kappa shape index (κ1) is 17.8. The summed E-state index contributed by atoms with van der Waals surface area (Å²) in [6, 6.07) is 5.73. The zero-order valence-electron chi connectivity index (χ0n) is 12.7. The highest BCUT2D eigenvalue weighted by Crippen LogP contribution is 2.33. The third kappa shape index (κ3) is 4.36. The van der Waals surface area contributed by atoms with Crippen molar-refractivity contribution < 1.29 is 0 Å². The molecule has 0 fully saturated rings. The van der Waals surface area contributed by atoms with Gasteiger partial charge >= 0.3 is 0 Å². The van der Waals surface area contributed by atoms with Crippen molar-refractivity contribution in [1.29, 1.82) is 0 Å². The Morgan fingerprint density at radius 3 is 2.05 bits per heavy atom. The second-order valence-electron chi connectivity index (χ2n) is 5.16. The SMILES string of the molecule is CCC(CC)CN(CC)C(CN)c1c(Cl)cccc1Cl. The van der Waals surface area contributed by atoms with Gasteiger partial charge in [0.05, 0.1) is 0 Å². The molecule has 0 spiro atoms. The van der Waals surface area contributed by atoms with Crippen molar-refractivity contribution in [1.82, 2.24) is 4.90 Å². The molecule has 1 aromatic carbocycles. The van der Waals surface area contributed by atoms with Gasteiger partial charge in [0, 0.05) is 34.7 Å². The Bertz CT molecular complexity index is 385. The predicted octanol–water partition coefficient (Wildman–Crippen LogP) is 4.75. The molecule has 0 aliphatic carbocycles. The number of rotatable bonds is 8. The summed E-state index contributed by atoms with van der Waals surface area (Å²) >= 11 is 12.7. The maximum absolute atomic E-state index is 6.34. The summed E-state index contributed by atoms with van der Waals surface area (Å²) < 4.78 is 0. The number of nitrogens with two attached hydrogens (primary N) is 1. The fourth-order valence-corrected chi connectivity index (χ4v) is 3.28. The number of benzene rings is 1. The van der Waals surface area contributed by atoms with Crippen LogP contribution in [0.25, 0.3) is 0 Å². The number of halogens is 2. The molecule has 20 heavy (non-hydrogen) atoms. The minimum absolute atomic E-state index is 0.0850. The lowest BCUT2D eigenvalue weighted by Gasteiger charge is -2.33. The van der Waals surface area contributed by atoms with Crippen LogP contribution in [0.1, 0.15) is 45.2 Å². The Morgan fingerprint density at radius 1 is 1.10 bits per heavy atom. The van der Waals surface area contributed by atoms with E-state index in [1.54, 1.807) is 0 Å². The molecule has 1 rings (SSSR count). The predicted molar refractivity (Wildman–Crippen MR) is 89.6 cm³/mol. The average molecular weight is 317 g/mol. The van der Waals surface area contributed by atoms with E-state index in [2.05, 4.69) is 25.7 Å². The zero-order chi connectivity index (χ0) is 15.1. The van der Waals surface area contributed by atoms with Crippen molar-refractivity contribution in [2.45, 2.75) is 39.7 Å². The van der Waals surface area contributed by atoms with Gasteiger partial charge in [-0.25, -0.2) is 0 Å². The number of hydrogen-bond donors (Lipinski definition) is 1. The number of hydrogen-bond acceptors (Lipinski definition) is 2. The van der Waals surface area contributed by atoms with Crippen molar-refractivity contribution in [3.05, 3.63) is 33.8 Å². The summed E-state index contributed by atoms with van der Waals surface area (Å²) in [5.74, 6) is 0.685. The van der Waals surface area contributed by atoms with E-state index in [9.17, 15) is 0 Å². The van der Waals surface area contributed by atoms with E-state index in [1.807, 2.05) is 18.2 Å². The van der Waals surface area contributed by atoms with Gasteiger partial charge < -0.3 is 5.73 Å². The van der Waals surface area contributed by atoms with E-state index in [0.29, 0.717) is 22.5 Å². The van der Waals surface area contributed by atoms with Crippen molar-refractivity contribution in [2.24, 2.45) is 11.7 Å². The van der Waals surface area contributed by atoms with Crippen LogP contribution < -0.4 is 5.73 Å². The molecule has 114 valence electrons. The molecule has 0 heterocycles. The first-order valence-corrected chi connectivity index (χ1v) is 8.22. The lowest BCUT2D eigenvalue weighted by atomic mass is 9.99. The maximum atomic E-state index is 6.34. The van der Waals surface area contributed by atoms with E-state index in [4.69, 9.17) is 28.9 Å². The lowest BCUT2D eigenvalue weighted by Crippen LogP contribution is -2.37. The average Bonchev–Trinajstić information content (AvgIpc) is 2.45. The van der Waals surface area contributed by atoms with Gasteiger partial charge in [0.15, 0.2) is 0 Å². The fraction of sp³-hybridized carbons (Fsp3) is 0.625. The van der Waals surface area contributed by atoms with E-state index in [1.165, 1.54) is 12.8 Å². The molecule has 1 unspecified atom stereocenters. The van der Waals surface area contributed by atoms with Crippen molar-refractivity contribution >= 4 is 23.2 Å². The van der Waals surface area contributed by atoms with Gasteiger partial charge in [-0.05, 0) is 24.6 Å². The van der Waals surface area contributed by atoms with Crippen LogP contribution in [-0.2, 0) is 0 Å². The molecule has 4 heteroatoms. The summed E-state index contributed by atoms with van der Waals surface area (Å²) in [6.07, 6.45) is 2.36. The third-order valence-electron chi connectivity index (χ3n) is 4.05. The monoisotopic (exact) mass is 316 g/mol. The number of nitrogens with zero attached hydrogens (tertiary/aromatic N) is 1. The van der Waals surface area contributed by atoms with Crippen LogP contribution in [0.5, 0.6) is 0 Å². The van der Waals surface area contributed by atoms with Crippen molar-refractivity contribution in [2.75, 3.05) is 19.6 Å². The molecule has 0 aliphatic heterocycles. The topological polar surface area (TPSA) is 29.3 Å². The van der Waals surface area contributed by atoms with Gasteiger partial charge in [-0.3, -0.25) is 4.90 Å². The molecule has 0 saturated carbocycles. The highest BCUT2D eigenvalue weighted by molar-refractivity contribution is 6.36. The van der Waals surface area contributed by atoms with Crippen molar-refractivity contribution in [3.8, 4) is 0 Å². The van der Waals surface area contributed by atoms with Crippen molar-refractivity contribution in [3.63, 3.8) is 0 Å².